The highest BCUT2D eigenvalue weighted by molar-refractivity contribution is 6.23. The normalized spacial score (nSPS) is 19.4. The average molecular weight is 302 g/mol. The zero-order valence-electron chi connectivity index (χ0n) is 12.7. The van der Waals surface area contributed by atoms with Crippen LogP contribution in [-0.2, 0) is 19.1 Å². The van der Waals surface area contributed by atoms with Gasteiger partial charge in [-0.15, -0.1) is 0 Å². The molecule has 3 rings (SSSR count). The van der Waals surface area contributed by atoms with Crippen LogP contribution in [0.15, 0.2) is 47.7 Å². The van der Waals surface area contributed by atoms with E-state index in [1.165, 1.54) is 0 Å². The van der Waals surface area contributed by atoms with E-state index in [-0.39, 0.29) is 34.5 Å². The SMILES string of the molecule is CCCOC1=C(N2C=C2)C(=O)C(OCCC)=C(N2C=C2)C1=O. The molecule has 0 spiro atoms. The highest BCUT2D eigenvalue weighted by Gasteiger charge is 2.43. The quantitative estimate of drug-likeness (QED) is 0.639. The number of ketones is 2. The molecule has 0 unspecified atom stereocenters. The van der Waals surface area contributed by atoms with Crippen molar-refractivity contribution in [3.05, 3.63) is 47.7 Å². The van der Waals surface area contributed by atoms with Crippen molar-refractivity contribution in [2.75, 3.05) is 13.2 Å². The Labute approximate surface area is 129 Å². The fraction of sp³-hybridized carbons (Fsp3) is 0.375. The van der Waals surface area contributed by atoms with Crippen LogP contribution in [0.2, 0.25) is 0 Å². The molecule has 0 saturated carbocycles. The summed E-state index contributed by atoms with van der Waals surface area (Å²) in [7, 11) is 0. The molecule has 22 heavy (non-hydrogen) atoms. The van der Waals surface area contributed by atoms with E-state index in [1.807, 2.05) is 13.8 Å². The van der Waals surface area contributed by atoms with Crippen molar-refractivity contribution < 1.29 is 19.1 Å². The first kappa shape index (κ1) is 14.4. The number of Topliss-reactive ketones (excluding diaryl/α,β-unsaturated/α-hetero) is 2. The summed E-state index contributed by atoms with van der Waals surface area (Å²) in [6.07, 6.45) is 8.38. The molecule has 2 aliphatic heterocycles. The van der Waals surface area contributed by atoms with Crippen LogP contribution in [0.25, 0.3) is 0 Å². The van der Waals surface area contributed by atoms with Crippen molar-refractivity contribution in [2.45, 2.75) is 26.7 Å². The van der Waals surface area contributed by atoms with Gasteiger partial charge in [0.2, 0.25) is 0 Å². The zero-order valence-corrected chi connectivity index (χ0v) is 12.7. The Balaban J connectivity index is 1.97. The van der Waals surface area contributed by atoms with Gasteiger partial charge in [0, 0.05) is 24.8 Å². The maximum Gasteiger partial charge on any atom is 0.250 e. The number of hydrogen-bond donors (Lipinski definition) is 0. The number of nitrogens with zero attached hydrogens (tertiary/aromatic N) is 2. The second-order valence-corrected chi connectivity index (χ2v) is 5.12. The topological polar surface area (TPSA) is 58.6 Å². The summed E-state index contributed by atoms with van der Waals surface area (Å²) in [5, 5.41) is 0. The fourth-order valence-corrected chi connectivity index (χ4v) is 2.15. The molecule has 0 amide bonds. The summed E-state index contributed by atoms with van der Waals surface area (Å²) < 4.78 is 11.1. The van der Waals surface area contributed by atoms with Crippen molar-refractivity contribution in [1.29, 1.82) is 0 Å². The van der Waals surface area contributed by atoms with Gasteiger partial charge in [0.25, 0.3) is 11.6 Å². The molecule has 0 aromatic carbocycles. The minimum Gasteiger partial charge on any atom is -0.487 e. The molecule has 1 aliphatic carbocycles. The van der Waals surface area contributed by atoms with E-state index >= 15 is 0 Å². The summed E-state index contributed by atoms with van der Waals surface area (Å²) in [6, 6.07) is 0. The van der Waals surface area contributed by atoms with Gasteiger partial charge in [-0.3, -0.25) is 9.59 Å². The average Bonchev–Trinajstić information content (AvgIpc) is 3.37. The second-order valence-electron chi connectivity index (χ2n) is 5.12. The van der Waals surface area contributed by atoms with Gasteiger partial charge in [-0.25, -0.2) is 0 Å². The monoisotopic (exact) mass is 302 g/mol. The zero-order chi connectivity index (χ0) is 15.7. The summed E-state index contributed by atoms with van der Waals surface area (Å²) in [4.78, 5) is 28.7. The lowest BCUT2D eigenvalue weighted by molar-refractivity contribution is -0.123. The lowest BCUT2D eigenvalue weighted by Crippen LogP contribution is -2.32. The molecule has 0 aromatic rings. The Morgan fingerprint density at radius 2 is 1.14 bits per heavy atom. The van der Waals surface area contributed by atoms with Crippen LogP contribution in [0.3, 0.4) is 0 Å². The van der Waals surface area contributed by atoms with Crippen LogP contribution >= 0.6 is 0 Å². The Kier molecular flexibility index (Phi) is 3.75. The fourth-order valence-electron chi connectivity index (χ4n) is 2.15. The minimum atomic E-state index is -0.312. The van der Waals surface area contributed by atoms with Crippen LogP contribution in [0.5, 0.6) is 0 Å². The van der Waals surface area contributed by atoms with E-state index in [9.17, 15) is 9.59 Å². The van der Waals surface area contributed by atoms with Gasteiger partial charge < -0.3 is 19.3 Å². The number of hydrogen-bond acceptors (Lipinski definition) is 6. The highest BCUT2D eigenvalue weighted by Crippen LogP contribution is 2.35. The Morgan fingerprint density at radius 1 is 0.773 bits per heavy atom. The molecule has 0 saturated heterocycles. The molecular weight excluding hydrogens is 284 g/mol. The van der Waals surface area contributed by atoms with Gasteiger partial charge in [-0.05, 0) is 12.8 Å². The van der Waals surface area contributed by atoms with E-state index in [1.54, 1.807) is 34.6 Å². The third-order valence-electron chi connectivity index (χ3n) is 3.29. The molecule has 0 atom stereocenters. The van der Waals surface area contributed by atoms with Crippen molar-refractivity contribution in [2.24, 2.45) is 0 Å². The van der Waals surface area contributed by atoms with E-state index in [0.29, 0.717) is 13.2 Å². The number of ether oxygens (including phenoxy) is 2. The largest absolute Gasteiger partial charge is 0.487 e. The van der Waals surface area contributed by atoms with Crippen molar-refractivity contribution in [3.8, 4) is 0 Å². The van der Waals surface area contributed by atoms with Gasteiger partial charge >= 0.3 is 0 Å². The molecule has 0 bridgehead atoms. The first-order valence-corrected chi connectivity index (χ1v) is 7.45. The van der Waals surface area contributed by atoms with Gasteiger partial charge in [0.15, 0.2) is 11.5 Å². The van der Waals surface area contributed by atoms with Crippen molar-refractivity contribution >= 4 is 11.6 Å². The van der Waals surface area contributed by atoms with Crippen molar-refractivity contribution in [1.82, 2.24) is 9.80 Å². The Hall–Kier alpha value is -2.50. The van der Waals surface area contributed by atoms with Gasteiger partial charge in [-0.2, -0.15) is 0 Å². The van der Waals surface area contributed by atoms with Crippen LogP contribution < -0.4 is 0 Å². The molecular formula is C16H18N2O4. The highest BCUT2D eigenvalue weighted by atomic mass is 16.5. The number of rotatable bonds is 8. The van der Waals surface area contributed by atoms with Crippen LogP contribution in [0.4, 0.5) is 0 Å². The number of carbonyl (C=O) groups excluding carboxylic acids is 2. The van der Waals surface area contributed by atoms with E-state index in [4.69, 9.17) is 9.47 Å². The molecule has 3 aliphatic rings. The van der Waals surface area contributed by atoms with Gasteiger partial charge in [0.05, 0.1) is 13.2 Å². The van der Waals surface area contributed by atoms with Crippen LogP contribution in [0, 0.1) is 0 Å². The summed E-state index contributed by atoms with van der Waals surface area (Å²) in [5.41, 5.74) is 0.491. The van der Waals surface area contributed by atoms with Crippen molar-refractivity contribution in [3.63, 3.8) is 0 Å². The first-order chi connectivity index (χ1) is 10.7. The summed E-state index contributed by atoms with van der Waals surface area (Å²) >= 11 is 0. The maximum absolute atomic E-state index is 12.8. The molecule has 2 heterocycles. The third kappa shape index (κ3) is 2.52. The second kappa shape index (κ2) is 5.71. The predicted octanol–water partition coefficient (Wildman–Crippen LogP) is 1.99. The minimum absolute atomic E-state index is 0.101. The van der Waals surface area contributed by atoms with Crippen LogP contribution in [-0.4, -0.2) is 34.6 Å². The summed E-state index contributed by atoms with van der Waals surface area (Å²) in [5.74, 6) is -0.422. The molecule has 0 aromatic heterocycles. The molecule has 6 heteroatoms. The standard InChI is InChI=1S/C16H18N2O4/c1-3-9-21-15-11(17-5-6-17)14(20)16(22-10-4-2)12(13(15)19)18-7-8-18/h5-8H,3-4,9-10H2,1-2H3. The predicted molar refractivity (Wildman–Crippen MR) is 78.5 cm³/mol. The van der Waals surface area contributed by atoms with Crippen LogP contribution in [0.1, 0.15) is 26.7 Å². The van der Waals surface area contributed by atoms with Gasteiger partial charge in [0.1, 0.15) is 11.4 Å². The maximum atomic E-state index is 12.8. The summed E-state index contributed by atoms with van der Waals surface area (Å²) in [6.45, 7) is 4.67. The lowest BCUT2D eigenvalue weighted by atomic mass is 10.0. The van der Waals surface area contributed by atoms with Gasteiger partial charge in [-0.1, -0.05) is 13.8 Å². The smallest absolute Gasteiger partial charge is 0.250 e. The molecule has 0 radical (unpaired) electrons. The number of carbonyl (C=O) groups is 2. The molecule has 0 N–H and O–H groups in total. The third-order valence-corrected chi connectivity index (χ3v) is 3.29. The lowest BCUT2D eigenvalue weighted by Gasteiger charge is -2.24. The molecule has 116 valence electrons. The molecule has 6 nitrogen and oxygen atoms in total. The van der Waals surface area contributed by atoms with E-state index in [2.05, 4.69) is 0 Å². The van der Waals surface area contributed by atoms with E-state index < -0.39 is 0 Å². The first-order valence-electron chi connectivity index (χ1n) is 7.45. The Morgan fingerprint density at radius 3 is 1.41 bits per heavy atom. The molecule has 0 fully saturated rings. The van der Waals surface area contributed by atoms with E-state index in [0.717, 1.165) is 12.8 Å². The Bertz CT molecular complexity index is 575.